The molecule has 32 heavy (non-hydrogen) atoms. The Morgan fingerprint density at radius 3 is 2.50 bits per heavy atom. The molecule has 1 aliphatic heterocycles. The van der Waals surface area contributed by atoms with Gasteiger partial charge >= 0.3 is 0 Å². The number of carbonyl (C=O) groups excluding carboxylic acids is 1. The number of ether oxygens (including phenoxy) is 1. The molecule has 1 aromatic heterocycles. The van der Waals surface area contributed by atoms with Gasteiger partial charge in [0.15, 0.2) is 5.13 Å². The molecule has 1 aliphatic rings. The van der Waals surface area contributed by atoms with E-state index in [-0.39, 0.29) is 11.3 Å². The maximum atomic E-state index is 12.6. The summed E-state index contributed by atoms with van der Waals surface area (Å²) in [6.07, 6.45) is 1.23. The second-order valence-electron chi connectivity index (χ2n) is 9.20. The summed E-state index contributed by atoms with van der Waals surface area (Å²) >= 11 is 7.74. The van der Waals surface area contributed by atoms with Crippen molar-refractivity contribution in [1.82, 2.24) is 9.88 Å². The largest absolute Gasteiger partial charge is 0.494 e. The number of amides is 1. The molecule has 3 aromatic rings. The van der Waals surface area contributed by atoms with E-state index in [0.717, 1.165) is 58.7 Å². The van der Waals surface area contributed by atoms with Crippen LogP contribution in [0, 0.1) is 0 Å². The van der Waals surface area contributed by atoms with Crippen LogP contribution in [0.1, 0.15) is 39.2 Å². The van der Waals surface area contributed by atoms with E-state index in [1.54, 1.807) is 11.3 Å². The minimum atomic E-state index is 0.135. The molecule has 2 heterocycles. The van der Waals surface area contributed by atoms with Gasteiger partial charge in [-0.2, -0.15) is 0 Å². The molecule has 1 fully saturated rings. The molecule has 2 aromatic carbocycles. The van der Waals surface area contributed by atoms with E-state index < -0.39 is 0 Å². The lowest BCUT2D eigenvalue weighted by molar-refractivity contribution is -0.131. The minimum absolute atomic E-state index is 0.135. The molecule has 170 valence electrons. The third kappa shape index (κ3) is 5.54. The molecule has 0 atom stereocenters. The Hall–Kier alpha value is -2.31. The second-order valence-corrected chi connectivity index (χ2v) is 10.6. The first-order chi connectivity index (χ1) is 15.3. The van der Waals surface area contributed by atoms with Crippen molar-refractivity contribution < 1.29 is 9.53 Å². The van der Waals surface area contributed by atoms with Crippen LogP contribution < -0.4 is 9.64 Å². The van der Waals surface area contributed by atoms with Crippen molar-refractivity contribution in [3.63, 3.8) is 0 Å². The molecule has 0 aliphatic carbocycles. The minimum Gasteiger partial charge on any atom is -0.494 e. The summed E-state index contributed by atoms with van der Waals surface area (Å²) in [5, 5.41) is 1.73. The molecule has 0 saturated carbocycles. The number of nitrogens with zero attached hydrogens (tertiary/aromatic N) is 3. The molecular weight excluding hydrogens is 442 g/mol. The van der Waals surface area contributed by atoms with Gasteiger partial charge in [-0.3, -0.25) is 4.79 Å². The van der Waals surface area contributed by atoms with Gasteiger partial charge in [0.1, 0.15) is 5.75 Å². The maximum absolute atomic E-state index is 12.6. The van der Waals surface area contributed by atoms with Crippen LogP contribution in [0.15, 0.2) is 42.5 Å². The van der Waals surface area contributed by atoms with E-state index in [4.69, 9.17) is 21.3 Å². The maximum Gasteiger partial charge on any atom is 0.222 e. The summed E-state index contributed by atoms with van der Waals surface area (Å²) in [7, 11) is 0. The number of fused-ring (bicyclic) bond motifs is 1. The molecular formula is C25H30ClN3O2S. The summed E-state index contributed by atoms with van der Waals surface area (Å²) in [6.45, 7) is 10.2. The normalized spacial score (nSPS) is 14.8. The Balaban J connectivity index is 1.20. The third-order valence-corrected chi connectivity index (χ3v) is 7.08. The molecule has 0 radical (unpaired) electrons. The summed E-state index contributed by atoms with van der Waals surface area (Å²) in [5.41, 5.74) is 2.39. The van der Waals surface area contributed by atoms with Crippen LogP contribution in [0.25, 0.3) is 10.2 Å². The summed E-state index contributed by atoms with van der Waals surface area (Å²) < 4.78 is 6.92. The first kappa shape index (κ1) is 22.9. The smallest absolute Gasteiger partial charge is 0.222 e. The predicted octanol–water partition coefficient (Wildman–Crippen LogP) is 5.76. The summed E-state index contributed by atoms with van der Waals surface area (Å²) in [4.78, 5) is 21.5. The Labute approximate surface area is 199 Å². The van der Waals surface area contributed by atoms with Gasteiger partial charge in [0, 0.05) is 37.6 Å². The number of halogens is 1. The van der Waals surface area contributed by atoms with Crippen LogP contribution in [-0.2, 0) is 10.2 Å². The van der Waals surface area contributed by atoms with Gasteiger partial charge in [-0.1, -0.05) is 55.8 Å². The first-order valence-corrected chi connectivity index (χ1v) is 12.3. The lowest BCUT2D eigenvalue weighted by Crippen LogP contribution is -2.48. The average Bonchev–Trinajstić information content (AvgIpc) is 3.19. The molecule has 1 amide bonds. The van der Waals surface area contributed by atoms with Crippen LogP contribution in [-0.4, -0.2) is 48.6 Å². The highest BCUT2D eigenvalue weighted by Gasteiger charge is 2.23. The Kier molecular flexibility index (Phi) is 6.91. The Morgan fingerprint density at radius 1 is 1.09 bits per heavy atom. The highest BCUT2D eigenvalue weighted by atomic mass is 35.5. The third-order valence-electron chi connectivity index (χ3n) is 5.77. The standard InChI is InChI=1S/C25H30ClN3O2S/c1-25(2,3)18-6-9-20(10-7-18)31-16-4-5-23(30)28-12-14-29(15-13-28)24-27-21-11-8-19(26)17-22(21)32-24/h6-11,17H,4-5,12-16H2,1-3H3. The van der Waals surface area contributed by atoms with E-state index in [1.807, 2.05) is 35.2 Å². The first-order valence-electron chi connectivity index (χ1n) is 11.1. The average molecular weight is 472 g/mol. The fourth-order valence-corrected chi connectivity index (χ4v) is 5.08. The number of carbonyl (C=O) groups is 1. The topological polar surface area (TPSA) is 45.7 Å². The zero-order valence-electron chi connectivity index (χ0n) is 18.9. The van der Waals surface area contributed by atoms with Crippen LogP contribution in [0.2, 0.25) is 5.02 Å². The highest BCUT2D eigenvalue weighted by molar-refractivity contribution is 7.22. The van der Waals surface area contributed by atoms with Crippen molar-refractivity contribution in [2.24, 2.45) is 0 Å². The number of anilines is 1. The van der Waals surface area contributed by atoms with Crippen molar-refractivity contribution in [3.05, 3.63) is 53.1 Å². The second kappa shape index (κ2) is 9.67. The Bertz CT molecular complexity index is 1070. The zero-order valence-corrected chi connectivity index (χ0v) is 20.5. The van der Waals surface area contributed by atoms with E-state index in [2.05, 4.69) is 37.8 Å². The highest BCUT2D eigenvalue weighted by Crippen LogP contribution is 2.31. The SMILES string of the molecule is CC(C)(C)c1ccc(OCCCC(=O)N2CCN(c3nc4ccc(Cl)cc4s3)CC2)cc1. The molecule has 7 heteroatoms. The molecule has 5 nitrogen and oxygen atoms in total. The number of rotatable bonds is 6. The number of hydrogen-bond acceptors (Lipinski definition) is 5. The fourth-order valence-electron chi connectivity index (χ4n) is 3.79. The number of piperazine rings is 1. The summed E-state index contributed by atoms with van der Waals surface area (Å²) in [5.74, 6) is 1.06. The van der Waals surface area contributed by atoms with Gasteiger partial charge in [-0.05, 0) is 47.7 Å². The van der Waals surface area contributed by atoms with Gasteiger partial charge in [-0.15, -0.1) is 0 Å². The van der Waals surface area contributed by atoms with Gasteiger partial charge < -0.3 is 14.5 Å². The van der Waals surface area contributed by atoms with Crippen molar-refractivity contribution in [2.75, 3.05) is 37.7 Å². The zero-order chi connectivity index (χ0) is 22.7. The van der Waals surface area contributed by atoms with Crippen LogP contribution in [0.4, 0.5) is 5.13 Å². The Morgan fingerprint density at radius 2 is 1.81 bits per heavy atom. The van der Waals surface area contributed by atoms with Crippen molar-refractivity contribution >= 4 is 44.2 Å². The molecule has 0 spiro atoms. The van der Waals surface area contributed by atoms with Crippen LogP contribution in [0.3, 0.4) is 0 Å². The monoisotopic (exact) mass is 471 g/mol. The lowest BCUT2D eigenvalue weighted by Gasteiger charge is -2.34. The van der Waals surface area contributed by atoms with Crippen molar-refractivity contribution in [2.45, 2.75) is 39.0 Å². The molecule has 0 unspecified atom stereocenters. The van der Waals surface area contributed by atoms with E-state index >= 15 is 0 Å². The van der Waals surface area contributed by atoms with Crippen molar-refractivity contribution in [3.8, 4) is 5.75 Å². The van der Waals surface area contributed by atoms with Crippen LogP contribution >= 0.6 is 22.9 Å². The van der Waals surface area contributed by atoms with Gasteiger partial charge in [0.05, 0.1) is 16.8 Å². The van der Waals surface area contributed by atoms with Crippen molar-refractivity contribution in [1.29, 1.82) is 0 Å². The molecule has 1 saturated heterocycles. The number of aromatic nitrogens is 1. The van der Waals surface area contributed by atoms with Gasteiger partial charge in [0.25, 0.3) is 0 Å². The number of benzene rings is 2. The van der Waals surface area contributed by atoms with Gasteiger partial charge in [0.2, 0.25) is 5.91 Å². The lowest BCUT2D eigenvalue weighted by atomic mass is 9.87. The number of hydrogen-bond donors (Lipinski definition) is 0. The molecule has 4 rings (SSSR count). The van der Waals surface area contributed by atoms with E-state index in [0.29, 0.717) is 13.0 Å². The van der Waals surface area contributed by atoms with E-state index in [1.165, 1.54) is 5.56 Å². The summed E-state index contributed by atoms with van der Waals surface area (Å²) in [6, 6.07) is 14.0. The van der Waals surface area contributed by atoms with Crippen LogP contribution in [0.5, 0.6) is 5.75 Å². The fraction of sp³-hybridized carbons (Fsp3) is 0.440. The van der Waals surface area contributed by atoms with E-state index in [9.17, 15) is 4.79 Å². The molecule has 0 bridgehead atoms. The van der Waals surface area contributed by atoms with Gasteiger partial charge in [-0.25, -0.2) is 4.98 Å². The number of thiazole rings is 1. The quantitative estimate of drug-likeness (QED) is 0.429. The predicted molar refractivity (Wildman–Crippen MR) is 133 cm³/mol. The molecule has 0 N–H and O–H groups in total.